The van der Waals surface area contributed by atoms with Crippen molar-refractivity contribution in [3.63, 3.8) is 0 Å². The Hall–Kier alpha value is -1.59. The third kappa shape index (κ3) is 2.57. The largest absolute Gasteiger partial charge is 0.383 e. The first kappa shape index (κ1) is 11.9. The molecule has 2 heterocycles. The number of pyridine rings is 1. The Labute approximate surface area is 101 Å². The summed E-state index contributed by atoms with van der Waals surface area (Å²) in [4.78, 5) is 6.48. The second-order valence-corrected chi connectivity index (χ2v) is 3.81. The van der Waals surface area contributed by atoms with E-state index in [1.807, 2.05) is 18.3 Å². The van der Waals surface area contributed by atoms with Crippen molar-refractivity contribution in [1.29, 1.82) is 0 Å². The quantitative estimate of drug-likeness (QED) is 0.801. The molecular weight excluding hydrogens is 216 g/mol. The van der Waals surface area contributed by atoms with Crippen LogP contribution in [-0.4, -0.2) is 42.7 Å². The maximum absolute atomic E-state index is 5.65. The second kappa shape index (κ2) is 5.65. The first-order chi connectivity index (χ1) is 8.36. The number of fused-ring (bicyclic) bond motifs is 1. The smallest absolute Gasteiger partial charge is 0.138 e. The number of aromatic nitrogens is 2. The molecule has 92 valence electrons. The van der Waals surface area contributed by atoms with E-state index in [9.17, 15) is 0 Å². The van der Waals surface area contributed by atoms with Gasteiger partial charge in [0, 0.05) is 39.1 Å². The van der Waals surface area contributed by atoms with E-state index in [4.69, 9.17) is 10.5 Å². The lowest BCUT2D eigenvalue weighted by atomic mass is 10.4. The molecule has 2 aromatic heterocycles. The van der Waals surface area contributed by atoms with E-state index in [1.165, 1.54) is 0 Å². The van der Waals surface area contributed by atoms with Crippen LogP contribution in [0.3, 0.4) is 0 Å². The fourth-order valence-electron chi connectivity index (χ4n) is 1.89. The van der Waals surface area contributed by atoms with Crippen LogP contribution in [0.2, 0.25) is 0 Å². The predicted molar refractivity (Wildman–Crippen MR) is 68.3 cm³/mol. The van der Waals surface area contributed by atoms with Crippen molar-refractivity contribution >= 4 is 11.5 Å². The number of hydrogen-bond acceptors (Lipinski definition) is 4. The molecule has 0 saturated heterocycles. The van der Waals surface area contributed by atoms with Gasteiger partial charge in [0.2, 0.25) is 0 Å². The molecule has 0 unspecified atom stereocenters. The minimum Gasteiger partial charge on any atom is -0.383 e. The standard InChI is InChI=1S/C12H18N4O/c1-17-10-9-15(7-5-13)12-4-2-3-11-14-6-8-16(11)12/h2-4,6,8H,5,7,9-10,13H2,1H3. The molecule has 2 rings (SSSR count). The summed E-state index contributed by atoms with van der Waals surface area (Å²) in [5.41, 5.74) is 6.60. The van der Waals surface area contributed by atoms with Crippen molar-refractivity contribution in [3.05, 3.63) is 30.6 Å². The Bertz CT molecular complexity index is 468. The highest BCUT2D eigenvalue weighted by Crippen LogP contribution is 2.15. The molecule has 0 amide bonds. The van der Waals surface area contributed by atoms with Gasteiger partial charge in [-0.2, -0.15) is 0 Å². The SMILES string of the molecule is COCCN(CCN)c1cccc2nccn12. The monoisotopic (exact) mass is 234 g/mol. The average Bonchev–Trinajstić information content (AvgIpc) is 2.82. The number of nitrogens with two attached hydrogens (primary N) is 1. The molecule has 0 radical (unpaired) electrons. The van der Waals surface area contributed by atoms with E-state index in [0.29, 0.717) is 13.2 Å². The van der Waals surface area contributed by atoms with Gasteiger partial charge in [-0.25, -0.2) is 4.98 Å². The molecule has 17 heavy (non-hydrogen) atoms. The zero-order valence-corrected chi connectivity index (χ0v) is 10.0. The van der Waals surface area contributed by atoms with E-state index in [0.717, 1.165) is 24.6 Å². The third-order valence-corrected chi connectivity index (χ3v) is 2.70. The van der Waals surface area contributed by atoms with Gasteiger partial charge in [0.25, 0.3) is 0 Å². The van der Waals surface area contributed by atoms with Crippen LogP contribution in [-0.2, 0) is 4.74 Å². The topological polar surface area (TPSA) is 55.8 Å². The number of anilines is 1. The van der Waals surface area contributed by atoms with Crippen LogP contribution in [0.15, 0.2) is 30.6 Å². The predicted octanol–water partition coefficient (Wildman–Crippen LogP) is 0.746. The molecule has 0 aliphatic carbocycles. The van der Waals surface area contributed by atoms with Crippen LogP contribution >= 0.6 is 0 Å². The van der Waals surface area contributed by atoms with Gasteiger partial charge in [-0.05, 0) is 12.1 Å². The zero-order chi connectivity index (χ0) is 12.1. The van der Waals surface area contributed by atoms with Crippen LogP contribution in [0.5, 0.6) is 0 Å². The van der Waals surface area contributed by atoms with E-state index in [1.54, 1.807) is 13.3 Å². The lowest BCUT2D eigenvalue weighted by Crippen LogP contribution is -2.33. The Morgan fingerprint density at radius 3 is 3.06 bits per heavy atom. The maximum atomic E-state index is 5.65. The van der Waals surface area contributed by atoms with Gasteiger partial charge < -0.3 is 15.4 Å². The zero-order valence-electron chi connectivity index (χ0n) is 10.0. The first-order valence-corrected chi connectivity index (χ1v) is 5.73. The summed E-state index contributed by atoms with van der Waals surface area (Å²) in [6.45, 7) is 2.94. The van der Waals surface area contributed by atoms with Gasteiger partial charge in [-0.15, -0.1) is 0 Å². The van der Waals surface area contributed by atoms with Crippen LogP contribution in [0.4, 0.5) is 5.82 Å². The third-order valence-electron chi connectivity index (χ3n) is 2.70. The fraction of sp³-hybridized carbons (Fsp3) is 0.417. The van der Waals surface area contributed by atoms with Crippen molar-refractivity contribution in [2.45, 2.75) is 0 Å². The molecule has 0 saturated carbocycles. The number of rotatable bonds is 6. The summed E-state index contributed by atoms with van der Waals surface area (Å²) in [6.07, 6.45) is 3.76. The number of nitrogens with zero attached hydrogens (tertiary/aromatic N) is 3. The summed E-state index contributed by atoms with van der Waals surface area (Å²) in [6, 6.07) is 6.06. The number of imidazole rings is 1. The van der Waals surface area contributed by atoms with Crippen molar-refractivity contribution in [2.75, 3.05) is 38.3 Å². The molecule has 0 aromatic carbocycles. The van der Waals surface area contributed by atoms with Gasteiger partial charge in [0.1, 0.15) is 11.5 Å². The molecule has 5 nitrogen and oxygen atoms in total. The molecule has 2 aromatic rings. The van der Waals surface area contributed by atoms with Gasteiger partial charge in [-0.1, -0.05) is 6.07 Å². The molecule has 0 bridgehead atoms. The summed E-state index contributed by atoms with van der Waals surface area (Å²) in [5, 5.41) is 0. The van der Waals surface area contributed by atoms with Gasteiger partial charge in [0.05, 0.1) is 6.61 Å². The number of methoxy groups -OCH3 is 1. The summed E-state index contributed by atoms with van der Waals surface area (Å²) in [7, 11) is 1.71. The van der Waals surface area contributed by atoms with Crippen LogP contribution in [0, 0.1) is 0 Å². The minimum absolute atomic E-state index is 0.620. The van der Waals surface area contributed by atoms with Gasteiger partial charge >= 0.3 is 0 Å². The highest BCUT2D eigenvalue weighted by molar-refractivity contribution is 5.51. The molecule has 0 spiro atoms. The Morgan fingerprint density at radius 2 is 2.29 bits per heavy atom. The molecule has 2 N–H and O–H groups in total. The molecule has 0 atom stereocenters. The van der Waals surface area contributed by atoms with Gasteiger partial charge in [-0.3, -0.25) is 4.40 Å². The summed E-state index contributed by atoms with van der Waals surface area (Å²) >= 11 is 0. The van der Waals surface area contributed by atoms with E-state index < -0.39 is 0 Å². The molecular formula is C12H18N4O. The molecule has 0 aliphatic rings. The second-order valence-electron chi connectivity index (χ2n) is 3.81. The fourth-order valence-corrected chi connectivity index (χ4v) is 1.89. The maximum Gasteiger partial charge on any atom is 0.138 e. The first-order valence-electron chi connectivity index (χ1n) is 5.73. The lowest BCUT2D eigenvalue weighted by Gasteiger charge is -2.24. The highest BCUT2D eigenvalue weighted by Gasteiger charge is 2.08. The molecule has 0 fully saturated rings. The lowest BCUT2D eigenvalue weighted by molar-refractivity contribution is 0.205. The van der Waals surface area contributed by atoms with Crippen LogP contribution in [0.25, 0.3) is 5.65 Å². The summed E-state index contributed by atoms with van der Waals surface area (Å²) < 4.78 is 7.19. The molecule has 0 aliphatic heterocycles. The van der Waals surface area contributed by atoms with Gasteiger partial charge in [0.15, 0.2) is 0 Å². The number of hydrogen-bond donors (Lipinski definition) is 1. The van der Waals surface area contributed by atoms with E-state index in [2.05, 4.69) is 20.4 Å². The van der Waals surface area contributed by atoms with Crippen LogP contribution in [0.1, 0.15) is 0 Å². The number of ether oxygens (including phenoxy) is 1. The van der Waals surface area contributed by atoms with E-state index in [-0.39, 0.29) is 0 Å². The van der Waals surface area contributed by atoms with Crippen LogP contribution < -0.4 is 10.6 Å². The highest BCUT2D eigenvalue weighted by atomic mass is 16.5. The van der Waals surface area contributed by atoms with E-state index >= 15 is 0 Å². The average molecular weight is 234 g/mol. The normalized spacial score (nSPS) is 10.9. The minimum atomic E-state index is 0.620. The molecule has 5 heteroatoms. The Balaban J connectivity index is 2.30. The van der Waals surface area contributed by atoms with Crippen molar-refractivity contribution < 1.29 is 4.74 Å². The van der Waals surface area contributed by atoms with Crippen molar-refractivity contribution in [1.82, 2.24) is 9.38 Å². The Kier molecular flexibility index (Phi) is 3.95. The Morgan fingerprint density at radius 1 is 1.41 bits per heavy atom. The van der Waals surface area contributed by atoms with Crippen molar-refractivity contribution in [2.24, 2.45) is 5.73 Å². The summed E-state index contributed by atoms with van der Waals surface area (Å²) in [5.74, 6) is 1.10. The van der Waals surface area contributed by atoms with Crippen molar-refractivity contribution in [3.8, 4) is 0 Å².